The summed E-state index contributed by atoms with van der Waals surface area (Å²) in [5.74, 6) is 5.98. The van der Waals surface area contributed by atoms with Crippen molar-refractivity contribution in [2.45, 2.75) is 44.8 Å². The summed E-state index contributed by atoms with van der Waals surface area (Å²) in [4.78, 5) is 33.4. The van der Waals surface area contributed by atoms with E-state index in [1.807, 2.05) is 38.1 Å². The quantitative estimate of drug-likeness (QED) is 0.381. The van der Waals surface area contributed by atoms with Crippen molar-refractivity contribution in [2.75, 3.05) is 46.5 Å². The van der Waals surface area contributed by atoms with Crippen molar-refractivity contribution in [3.8, 4) is 11.1 Å². The molecule has 3 N–H and O–H groups in total. The number of aliphatic hydroxyl groups is 1. The van der Waals surface area contributed by atoms with Gasteiger partial charge in [0, 0.05) is 44.6 Å². The lowest BCUT2D eigenvalue weighted by Crippen LogP contribution is -2.48. The van der Waals surface area contributed by atoms with Crippen molar-refractivity contribution >= 4 is 18.7 Å². The molecule has 1 heterocycles. The molecule has 0 saturated carbocycles. The number of nitrogens with zero attached hydrogens (tertiary/aromatic N) is 4. The molecule has 10 nitrogen and oxygen atoms in total. The van der Waals surface area contributed by atoms with E-state index in [9.17, 15) is 14.7 Å². The monoisotopic (exact) mass is 577 g/mol. The third-order valence-corrected chi connectivity index (χ3v) is 8.18. The number of ether oxygens (including phenoxy) is 2. The Morgan fingerprint density at radius 1 is 1.24 bits per heavy atom. The van der Waals surface area contributed by atoms with Gasteiger partial charge in [-0.25, -0.2) is 10.6 Å². The highest BCUT2D eigenvalue weighted by Gasteiger charge is 2.32. The van der Waals surface area contributed by atoms with Crippen LogP contribution in [-0.4, -0.2) is 97.3 Å². The van der Waals surface area contributed by atoms with Crippen LogP contribution >= 0.6 is 0 Å². The van der Waals surface area contributed by atoms with Gasteiger partial charge in [0.05, 0.1) is 37.6 Å². The Balaban J connectivity index is 1.48. The van der Waals surface area contributed by atoms with Crippen LogP contribution in [0.25, 0.3) is 11.1 Å². The Morgan fingerprint density at radius 2 is 1.88 bits per heavy atom. The number of rotatable bonds is 7. The molecular weight excluding hydrogens is 534 g/mol. The van der Waals surface area contributed by atoms with Gasteiger partial charge in [0.1, 0.15) is 6.61 Å². The fourth-order valence-corrected chi connectivity index (χ4v) is 5.68. The second-order valence-electron chi connectivity index (χ2n) is 11.2. The van der Waals surface area contributed by atoms with Crippen LogP contribution in [0.1, 0.15) is 43.7 Å². The summed E-state index contributed by atoms with van der Waals surface area (Å²) < 4.78 is 12.2. The third kappa shape index (κ3) is 7.18. The van der Waals surface area contributed by atoms with E-state index in [-0.39, 0.29) is 50.2 Å². The van der Waals surface area contributed by atoms with Gasteiger partial charge in [-0.2, -0.15) is 0 Å². The molecule has 2 aliphatic rings. The van der Waals surface area contributed by atoms with Gasteiger partial charge in [-0.15, -0.1) is 0 Å². The molecule has 2 aromatic carbocycles. The van der Waals surface area contributed by atoms with E-state index in [4.69, 9.17) is 15.3 Å². The van der Waals surface area contributed by atoms with Gasteiger partial charge >= 0.3 is 6.09 Å². The average molecular weight is 578 g/mol. The molecule has 1 aliphatic carbocycles. The minimum atomic E-state index is -0.460. The molecule has 2 aromatic rings. The first-order chi connectivity index (χ1) is 20.2. The van der Waals surface area contributed by atoms with Crippen LogP contribution in [0.5, 0.6) is 0 Å². The number of hydrazine groups is 1. The molecule has 1 saturated heterocycles. The molecular formula is C32H43N5O5. The predicted octanol–water partition coefficient (Wildman–Crippen LogP) is 3.61. The zero-order valence-corrected chi connectivity index (χ0v) is 24.8. The number of aliphatic imine (C=N–C) groups is 1. The van der Waals surface area contributed by atoms with E-state index in [0.29, 0.717) is 31.6 Å². The largest absolute Gasteiger partial charge is 0.448 e. The number of carbonyl (C=O) groups excluding carboxylic acids is 2. The maximum Gasteiger partial charge on any atom is 0.409 e. The second kappa shape index (κ2) is 14.4. The summed E-state index contributed by atoms with van der Waals surface area (Å²) in [5.41, 5.74) is 5.26. The lowest BCUT2D eigenvalue weighted by atomic mass is 9.98. The Kier molecular flexibility index (Phi) is 10.7. The van der Waals surface area contributed by atoms with E-state index in [0.717, 1.165) is 11.1 Å². The van der Waals surface area contributed by atoms with E-state index in [1.165, 1.54) is 21.0 Å². The number of hydrogen-bond donors (Lipinski definition) is 2. The van der Waals surface area contributed by atoms with E-state index in [2.05, 4.69) is 36.0 Å². The molecule has 0 unspecified atom stereocenters. The summed E-state index contributed by atoms with van der Waals surface area (Å²) in [6.45, 7) is 8.59. The van der Waals surface area contributed by atoms with Gasteiger partial charge in [0.15, 0.2) is 0 Å². The fourth-order valence-electron chi connectivity index (χ4n) is 5.68. The molecule has 0 radical (unpaired) electrons. The number of fused-ring (bicyclic) bond motifs is 3. The zero-order valence-electron chi connectivity index (χ0n) is 24.8. The van der Waals surface area contributed by atoms with Gasteiger partial charge in [0.2, 0.25) is 5.91 Å². The van der Waals surface area contributed by atoms with E-state index < -0.39 is 12.2 Å². The average Bonchev–Trinajstić information content (AvgIpc) is 3.32. The standard InChI is InChI=1S/C32H43N5O5/c1-22-17-36(23(2)19-38)31(39)14-9-15-37(33)24(16-34-3)20-41-30(22)18-35(4)32(40)42-21-29-27-12-7-5-10-25(27)26-11-6-8-13-28(26)29/h5-8,10-13,16,22-23,29-30,38H,3,9,14-15,17-21,33H2,1-2,4H3/b24-16-/t22-,23+,30-/m0/s1. The summed E-state index contributed by atoms with van der Waals surface area (Å²) in [6, 6.07) is 16.1. The van der Waals surface area contributed by atoms with Crippen LogP contribution in [0, 0.1) is 5.92 Å². The Bertz CT molecular complexity index is 1240. The van der Waals surface area contributed by atoms with Gasteiger partial charge in [-0.1, -0.05) is 55.5 Å². The molecule has 4 rings (SSSR count). The number of carbonyl (C=O) groups is 2. The number of aliphatic hydroxyl groups excluding tert-OH is 1. The predicted molar refractivity (Wildman–Crippen MR) is 163 cm³/mol. The van der Waals surface area contributed by atoms with Crippen molar-refractivity contribution in [1.29, 1.82) is 0 Å². The molecule has 42 heavy (non-hydrogen) atoms. The van der Waals surface area contributed by atoms with Gasteiger partial charge in [-0.3, -0.25) is 9.79 Å². The van der Waals surface area contributed by atoms with E-state index in [1.54, 1.807) is 18.1 Å². The highest BCUT2D eigenvalue weighted by atomic mass is 16.6. The minimum Gasteiger partial charge on any atom is -0.448 e. The fraction of sp³-hybridized carbons (Fsp3) is 0.469. The number of likely N-dealkylation sites (N-methyl/N-ethyl adjacent to an activating group) is 1. The first-order valence-electron chi connectivity index (χ1n) is 14.5. The molecule has 0 aromatic heterocycles. The van der Waals surface area contributed by atoms with Crippen LogP contribution in [0.2, 0.25) is 0 Å². The van der Waals surface area contributed by atoms with Crippen LogP contribution in [-0.2, 0) is 14.3 Å². The number of nitrogens with two attached hydrogens (primary N) is 1. The molecule has 226 valence electrons. The Hall–Kier alpha value is -3.73. The maximum atomic E-state index is 13.3. The number of amides is 2. The molecule has 0 spiro atoms. The van der Waals surface area contributed by atoms with Crippen molar-refractivity contribution < 1.29 is 24.2 Å². The summed E-state index contributed by atoms with van der Waals surface area (Å²) in [6.07, 6.45) is 1.47. The first-order valence-corrected chi connectivity index (χ1v) is 14.5. The maximum absolute atomic E-state index is 13.3. The topological polar surface area (TPSA) is 121 Å². The van der Waals surface area contributed by atoms with Crippen molar-refractivity contribution in [3.63, 3.8) is 0 Å². The minimum absolute atomic E-state index is 0.0413. The molecule has 0 bridgehead atoms. The van der Waals surface area contributed by atoms with Gasteiger partial charge in [0.25, 0.3) is 0 Å². The SMILES string of the molecule is C=N/C=C1/CO[C@@H](CN(C)C(=O)OCC2c3ccccc3-c3ccccc32)[C@@H](C)CN([C@H](C)CO)C(=O)CCCN1N. The molecule has 3 atom stereocenters. The lowest BCUT2D eigenvalue weighted by molar-refractivity contribution is -0.136. The zero-order chi connectivity index (χ0) is 30.2. The van der Waals surface area contributed by atoms with E-state index >= 15 is 0 Å². The van der Waals surface area contributed by atoms with Crippen LogP contribution in [0.3, 0.4) is 0 Å². The molecule has 10 heteroatoms. The van der Waals surface area contributed by atoms with Gasteiger partial charge in [-0.05, 0) is 42.3 Å². The van der Waals surface area contributed by atoms with Crippen LogP contribution in [0.15, 0.2) is 65.4 Å². The van der Waals surface area contributed by atoms with Crippen molar-refractivity contribution in [3.05, 3.63) is 71.6 Å². The Labute approximate surface area is 248 Å². The van der Waals surface area contributed by atoms with Crippen molar-refractivity contribution in [2.24, 2.45) is 16.8 Å². The highest BCUT2D eigenvalue weighted by molar-refractivity contribution is 5.79. The lowest BCUT2D eigenvalue weighted by Gasteiger charge is -2.36. The Morgan fingerprint density at radius 3 is 2.50 bits per heavy atom. The summed E-state index contributed by atoms with van der Waals surface area (Å²) >= 11 is 0. The third-order valence-electron chi connectivity index (χ3n) is 8.18. The first kappa shape index (κ1) is 31.2. The molecule has 2 amide bonds. The summed E-state index contributed by atoms with van der Waals surface area (Å²) in [5, 5.41) is 11.3. The highest BCUT2D eigenvalue weighted by Crippen LogP contribution is 2.44. The summed E-state index contributed by atoms with van der Waals surface area (Å²) in [7, 11) is 1.68. The number of hydrogen-bond acceptors (Lipinski definition) is 8. The second-order valence-corrected chi connectivity index (χ2v) is 11.2. The van der Waals surface area contributed by atoms with Crippen LogP contribution < -0.4 is 5.84 Å². The molecule has 1 fully saturated rings. The number of benzene rings is 2. The normalized spacial score (nSPS) is 21.6. The van der Waals surface area contributed by atoms with Crippen molar-refractivity contribution in [1.82, 2.24) is 14.8 Å². The van der Waals surface area contributed by atoms with Crippen LogP contribution in [0.4, 0.5) is 4.79 Å². The molecule has 1 aliphatic heterocycles. The van der Waals surface area contributed by atoms with Gasteiger partial charge < -0.3 is 29.4 Å². The smallest absolute Gasteiger partial charge is 0.409 e.